The molecule has 42 heavy (non-hydrogen) atoms. The van der Waals surface area contributed by atoms with E-state index in [0.29, 0.717) is 11.4 Å². The summed E-state index contributed by atoms with van der Waals surface area (Å²) in [4.78, 5) is 62.2. The number of para-hydroxylation sites is 2. The second kappa shape index (κ2) is 8.57. The van der Waals surface area contributed by atoms with Gasteiger partial charge in [-0.15, -0.1) is 0 Å². The SMILES string of the molecule is C[NH+]1C2(c3ccccc3)[C@@H]3C(=O)N(c4ccccc4)C(=O)[C@@H]3C1(c1ccccc1)[C@H]1C(=O)N(c3ccccc3)C(=O)[C@@H]12. The van der Waals surface area contributed by atoms with Gasteiger partial charge in [-0.05, 0) is 24.3 Å². The van der Waals surface area contributed by atoms with Gasteiger partial charge >= 0.3 is 0 Å². The lowest BCUT2D eigenvalue weighted by atomic mass is 9.55. The van der Waals surface area contributed by atoms with Gasteiger partial charge in [-0.25, -0.2) is 9.80 Å². The molecule has 4 fully saturated rings. The highest BCUT2D eigenvalue weighted by Gasteiger charge is 2.92. The maximum Gasteiger partial charge on any atom is 0.244 e. The van der Waals surface area contributed by atoms with E-state index in [0.717, 1.165) is 16.0 Å². The van der Waals surface area contributed by atoms with Gasteiger partial charge in [-0.2, -0.15) is 0 Å². The number of amides is 4. The fourth-order valence-electron chi connectivity index (χ4n) is 9.08. The molecule has 0 saturated carbocycles. The molecule has 0 aromatic heterocycles. The number of rotatable bonds is 4. The van der Waals surface area contributed by atoms with Gasteiger partial charge in [0.1, 0.15) is 34.7 Å². The second-order valence-corrected chi connectivity index (χ2v) is 11.7. The van der Waals surface area contributed by atoms with Crippen LogP contribution in [-0.2, 0) is 30.3 Å². The van der Waals surface area contributed by atoms with Crippen LogP contribution >= 0.6 is 0 Å². The minimum atomic E-state index is -1.15. The first-order chi connectivity index (χ1) is 20.5. The standard InChI is InChI=1S/C35H27N3O4/c1-36-34(22-14-6-2-7-15-22)26-28(32(41)37(30(26)39)24-18-10-4-11-19-24)35(36,23-16-8-3-9-17-23)29-27(34)31(40)38(33(29)42)25-20-12-5-13-21-25/h2-21,26-29H,1H3/p+1/t26-,27-,28-,29+,34?,35?/m1/s1. The van der Waals surface area contributed by atoms with Gasteiger partial charge in [-0.3, -0.25) is 19.2 Å². The third kappa shape index (κ3) is 2.70. The fourth-order valence-corrected chi connectivity index (χ4v) is 9.08. The first-order valence-corrected chi connectivity index (χ1v) is 14.3. The number of nitrogens with zero attached hydrogens (tertiary/aromatic N) is 2. The van der Waals surface area contributed by atoms with Crippen LogP contribution in [0.1, 0.15) is 11.1 Å². The molecule has 2 bridgehead atoms. The van der Waals surface area contributed by atoms with Gasteiger partial charge in [-0.1, -0.05) is 97.1 Å². The largest absolute Gasteiger partial charge is 0.317 e. The van der Waals surface area contributed by atoms with Gasteiger partial charge in [0, 0.05) is 11.1 Å². The minimum Gasteiger partial charge on any atom is -0.317 e. The second-order valence-electron chi connectivity index (χ2n) is 11.7. The summed E-state index contributed by atoms with van der Waals surface area (Å²) >= 11 is 0. The smallest absolute Gasteiger partial charge is 0.244 e. The Morgan fingerprint density at radius 1 is 0.452 bits per heavy atom. The molecule has 7 nitrogen and oxygen atoms in total. The maximum atomic E-state index is 14.7. The van der Waals surface area contributed by atoms with Crippen LogP contribution in [0.25, 0.3) is 0 Å². The van der Waals surface area contributed by atoms with Crippen molar-refractivity contribution in [3.05, 3.63) is 132 Å². The topological polar surface area (TPSA) is 79.2 Å². The number of hydrogen-bond acceptors (Lipinski definition) is 4. The molecular formula is C35H28N3O4+. The lowest BCUT2D eigenvalue weighted by Crippen LogP contribution is -3.19. The summed E-state index contributed by atoms with van der Waals surface area (Å²) in [6, 6.07) is 37.1. The van der Waals surface area contributed by atoms with Crippen LogP contribution in [0.3, 0.4) is 0 Å². The average molecular weight is 555 g/mol. The normalized spacial score (nSPS) is 32.9. The van der Waals surface area contributed by atoms with Gasteiger partial charge in [0.2, 0.25) is 23.6 Å². The minimum absolute atomic E-state index is 0.325. The zero-order valence-electron chi connectivity index (χ0n) is 22.9. The number of carbonyl (C=O) groups is 4. The highest BCUT2D eigenvalue weighted by molar-refractivity contribution is 6.27. The van der Waals surface area contributed by atoms with Crippen LogP contribution in [0, 0.1) is 23.7 Å². The van der Waals surface area contributed by atoms with E-state index in [1.165, 1.54) is 9.80 Å². The predicted molar refractivity (Wildman–Crippen MR) is 155 cm³/mol. The number of benzene rings is 4. The van der Waals surface area contributed by atoms with Gasteiger partial charge in [0.25, 0.3) is 0 Å². The number of hydrogen-bond donors (Lipinski definition) is 1. The molecule has 7 atom stereocenters. The van der Waals surface area contributed by atoms with Gasteiger partial charge in [0.05, 0.1) is 18.4 Å². The summed E-state index contributed by atoms with van der Waals surface area (Å²) in [5.41, 5.74) is 0.265. The Morgan fingerprint density at radius 3 is 1.00 bits per heavy atom. The Labute approximate surface area is 243 Å². The van der Waals surface area contributed by atoms with E-state index in [-0.39, 0.29) is 23.6 Å². The molecule has 0 radical (unpaired) electrons. The van der Waals surface area contributed by atoms with Crippen molar-refractivity contribution < 1.29 is 24.1 Å². The number of imide groups is 2. The molecular weight excluding hydrogens is 526 g/mol. The molecule has 3 unspecified atom stereocenters. The number of nitrogens with one attached hydrogen (secondary N) is 1. The van der Waals surface area contributed by atoms with Gasteiger partial charge < -0.3 is 4.90 Å². The summed E-state index contributed by atoms with van der Waals surface area (Å²) in [6.45, 7) is 0. The van der Waals surface area contributed by atoms with Crippen LogP contribution < -0.4 is 14.7 Å². The first kappa shape index (κ1) is 24.9. The molecule has 4 amide bonds. The van der Waals surface area contributed by atoms with Crippen molar-refractivity contribution >= 4 is 35.0 Å². The van der Waals surface area contributed by atoms with Crippen LogP contribution in [0.4, 0.5) is 11.4 Å². The Balaban J connectivity index is 1.46. The molecule has 206 valence electrons. The summed E-state index contributed by atoms with van der Waals surface area (Å²) < 4.78 is 0. The molecule has 8 rings (SSSR count). The molecule has 4 saturated heterocycles. The van der Waals surface area contributed by atoms with Crippen molar-refractivity contribution in [1.82, 2.24) is 0 Å². The van der Waals surface area contributed by atoms with Crippen LogP contribution in [0.5, 0.6) is 0 Å². The number of anilines is 2. The lowest BCUT2D eigenvalue weighted by Gasteiger charge is -2.39. The van der Waals surface area contributed by atoms with E-state index in [1.807, 2.05) is 79.8 Å². The average Bonchev–Trinajstić information content (AvgIpc) is 3.64. The maximum absolute atomic E-state index is 14.7. The molecule has 7 heteroatoms. The monoisotopic (exact) mass is 554 g/mol. The zero-order chi connectivity index (χ0) is 28.8. The van der Waals surface area contributed by atoms with Crippen molar-refractivity contribution in [3.63, 3.8) is 0 Å². The van der Waals surface area contributed by atoms with Crippen LogP contribution in [-0.4, -0.2) is 30.7 Å². The highest BCUT2D eigenvalue weighted by atomic mass is 16.2. The highest BCUT2D eigenvalue weighted by Crippen LogP contribution is 2.67. The molecule has 4 aromatic carbocycles. The lowest BCUT2D eigenvalue weighted by molar-refractivity contribution is -0.973. The Bertz CT molecular complexity index is 1580. The van der Waals surface area contributed by atoms with Crippen molar-refractivity contribution in [1.29, 1.82) is 0 Å². The summed E-state index contributed by atoms with van der Waals surface area (Å²) in [7, 11) is 1.97. The van der Waals surface area contributed by atoms with Gasteiger partial charge in [0.15, 0.2) is 0 Å². The van der Waals surface area contributed by atoms with E-state index in [9.17, 15) is 19.2 Å². The summed E-state index contributed by atoms with van der Waals surface area (Å²) in [6.07, 6.45) is 0. The van der Waals surface area contributed by atoms with Crippen molar-refractivity contribution in [3.8, 4) is 0 Å². The predicted octanol–water partition coefficient (Wildman–Crippen LogP) is 2.93. The molecule has 4 aliphatic rings. The Morgan fingerprint density at radius 2 is 0.714 bits per heavy atom. The molecule has 4 heterocycles. The first-order valence-electron chi connectivity index (χ1n) is 14.3. The summed E-state index contributed by atoms with van der Waals surface area (Å²) in [5.74, 6) is -4.68. The number of quaternary nitrogens is 1. The molecule has 1 N–H and O–H groups in total. The Kier molecular flexibility index (Phi) is 5.07. The molecule has 4 aromatic rings. The van der Waals surface area contributed by atoms with Crippen LogP contribution in [0.2, 0.25) is 0 Å². The van der Waals surface area contributed by atoms with Crippen molar-refractivity contribution in [2.45, 2.75) is 11.1 Å². The zero-order valence-corrected chi connectivity index (χ0v) is 22.9. The van der Waals surface area contributed by atoms with Crippen molar-refractivity contribution in [2.24, 2.45) is 23.7 Å². The van der Waals surface area contributed by atoms with E-state index >= 15 is 0 Å². The molecule has 4 aliphatic heterocycles. The number of carbonyl (C=O) groups excluding carboxylic acids is 4. The fraction of sp³-hybridized carbons (Fsp3) is 0.200. The quantitative estimate of drug-likeness (QED) is 0.394. The summed E-state index contributed by atoms with van der Waals surface area (Å²) in [5, 5.41) is 0. The van der Waals surface area contributed by atoms with Crippen LogP contribution in [0.15, 0.2) is 121 Å². The van der Waals surface area contributed by atoms with E-state index in [4.69, 9.17) is 0 Å². The molecule has 0 spiro atoms. The Hall–Kier alpha value is -4.88. The van der Waals surface area contributed by atoms with E-state index in [2.05, 4.69) is 0 Å². The molecule has 0 aliphatic carbocycles. The van der Waals surface area contributed by atoms with E-state index < -0.39 is 34.7 Å². The third-order valence-corrected chi connectivity index (χ3v) is 10.3. The van der Waals surface area contributed by atoms with Crippen molar-refractivity contribution in [2.75, 3.05) is 16.8 Å². The number of fused-ring (bicyclic) bond motifs is 8. The third-order valence-electron chi connectivity index (χ3n) is 10.3. The van der Waals surface area contributed by atoms with E-state index in [1.54, 1.807) is 48.5 Å².